The van der Waals surface area contributed by atoms with Crippen molar-refractivity contribution < 1.29 is 14.4 Å². The summed E-state index contributed by atoms with van der Waals surface area (Å²) in [6.07, 6.45) is 1.29. The van der Waals surface area contributed by atoms with E-state index in [0.717, 1.165) is 12.5 Å². The number of nitrogens with two attached hydrogens (primary N) is 1. The van der Waals surface area contributed by atoms with Gasteiger partial charge in [-0.1, -0.05) is 24.6 Å². The van der Waals surface area contributed by atoms with Gasteiger partial charge in [0, 0.05) is 5.56 Å². The summed E-state index contributed by atoms with van der Waals surface area (Å²) in [5.41, 5.74) is 5.67. The van der Waals surface area contributed by atoms with Crippen LogP contribution < -0.4 is 11.1 Å². The highest BCUT2D eigenvalue weighted by Crippen LogP contribution is 2.05. The van der Waals surface area contributed by atoms with Gasteiger partial charge in [-0.15, -0.1) is 0 Å². The minimum atomic E-state index is -0.559. The highest BCUT2D eigenvalue weighted by molar-refractivity contribution is 5.98. The Morgan fingerprint density at radius 3 is 2.89 bits per heavy atom. The number of carbonyl (C=O) groups excluding carboxylic acids is 1. The van der Waals surface area contributed by atoms with Crippen molar-refractivity contribution >= 4 is 11.7 Å². The first-order chi connectivity index (χ1) is 8.58. The van der Waals surface area contributed by atoms with Crippen molar-refractivity contribution in [3.8, 4) is 0 Å². The molecule has 0 aliphatic carbocycles. The summed E-state index contributed by atoms with van der Waals surface area (Å²) in [6, 6.07) is 4.76. The average Bonchev–Trinajstić information content (AvgIpc) is 2.37. The molecule has 0 radical (unpaired) electrons. The number of carbonyl (C=O) groups is 1. The van der Waals surface area contributed by atoms with Gasteiger partial charge < -0.3 is 16.3 Å². The second-order valence-electron chi connectivity index (χ2n) is 3.85. The van der Waals surface area contributed by atoms with Gasteiger partial charge in [0.25, 0.3) is 5.91 Å². The fourth-order valence-electron chi connectivity index (χ4n) is 1.52. The smallest absolute Gasteiger partial charge is 0.251 e. The lowest BCUT2D eigenvalue weighted by Crippen LogP contribution is -2.44. The first kappa shape index (κ1) is 14.0. The molecule has 1 amide bonds. The van der Waals surface area contributed by atoms with E-state index in [0.29, 0.717) is 6.42 Å². The van der Waals surface area contributed by atoms with Crippen molar-refractivity contribution in [3.05, 3.63) is 35.6 Å². The van der Waals surface area contributed by atoms with Gasteiger partial charge in [0.1, 0.15) is 5.82 Å². The Morgan fingerprint density at radius 2 is 2.33 bits per heavy atom. The molecule has 1 atom stereocenters. The van der Waals surface area contributed by atoms with E-state index in [1.807, 2.05) is 6.92 Å². The first-order valence-corrected chi connectivity index (χ1v) is 5.62. The Morgan fingerprint density at radius 1 is 1.61 bits per heavy atom. The maximum Gasteiger partial charge on any atom is 0.251 e. The lowest BCUT2D eigenvalue weighted by molar-refractivity contribution is 0.0944. The van der Waals surface area contributed by atoms with E-state index >= 15 is 0 Å². The van der Waals surface area contributed by atoms with Crippen LogP contribution >= 0.6 is 0 Å². The van der Waals surface area contributed by atoms with Crippen molar-refractivity contribution in [2.24, 2.45) is 10.9 Å². The summed E-state index contributed by atoms with van der Waals surface area (Å²) >= 11 is 0. The molecule has 0 spiro atoms. The minimum absolute atomic E-state index is 0.0680. The van der Waals surface area contributed by atoms with Crippen LogP contribution in [0.2, 0.25) is 0 Å². The van der Waals surface area contributed by atoms with Gasteiger partial charge in [-0.2, -0.15) is 0 Å². The number of rotatable bonds is 5. The van der Waals surface area contributed by atoms with Crippen LogP contribution in [-0.2, 0) is 0 Å². The molecule has 1 aromatic rings. The van der Waals surface area contributed by atoms with E-state index in [2.05, 4.69) is 10.5 Å². The molecule has 0 aliphatic rings. The fourth-order valence-corrected chi connectivity index (χ4v) is 1.52. The second kappa shape index (κ2) is 6.58. The minimum Gasteiger partial charge on any atom is -0.409 e. The average molecular weight is 253 g/mol. The SMILES string of the molecule is CCCC(NC(=O)c1cccc(F)c1)/C(N)=N/O. The standard InChI is InChI=1S/C12H16FN3O2/c1-2-4-10(11(14)16-18)15-12(17)8-5-3-6-9(13)7-8/h3,5-7,10,18H,2,4H2,1H3,(H2,14,16)(H,15,17). The van der Waals surface area contributed by atoms with Gasteiger partial charge in [0.2, 0.25) is 0 Å². The predicted molar refractivity (Wildman–Crippen MR) is 66.0 cm³/mol. The van der Waals surface area contributed by atoms with Gasteiger partial charge in [-0.05, 0) is 24.6 Å². The molecule has 0 saturated heterocycles. The van der Waals surface area contributed by atoms with Crippen LogP contribution in [0.1, 0.15) is 30.1 Å². The van der Waals surface area contributed by atoms with E-state index in [4.69, 9.17) is 10.9 Å². The number of hydrogen-bond donors (Lipinski definition) is 3. The highest BCUT2D eigenvalue weighted by Gasteiger charge is 2.17. The number of benzene rings is 1. The van der Waals surface area contributed by atoms with Crippen LogP contribution in [0.5, 0.6) is 0 Å². The molecule has 0 aromatic heterocycles. The van der Waals surface area contributed by atoms with Crippen LogP contribution in [0.4, 0.5) is 4.39 Å². The molecular weight excluding hydrogens is 237 g/mol. The molecule has 6 heteroatoms. The zero-order valence-electron chi connectivity index (χ0n) is 10.1. The van der Waals surface area contributed by atoms with Crippen LogP contribution in [0.15, 0.2) is 29.4 Å². The lowest BCUT2D eigenvalue weighted by atomic mass is 10.1. The molecule has 1 aromatic carbocycles. The van der Waals surface area contributed by atoms with Gasteiger partial charge in [0.15, 0.2) is 5.84 Å². The van der Waals surface area contributed by atoms with Crippen LogP contribution in [0, 0.1) is 5.82 Å². The van der Waals surface area contributed by atoms with Crippen molar-refractivity contribution in [1.82, 2.24) is 5.32 Å². The van der Waals surface area contributed by atoms with E-state index in [1.54, 1.807) is 0 Å². The third-order valence-corrected chi connectivity index (χ3v) is 2.44. The third-order valence-electron chi connectivity index (χ3n) is 2.44. The molecular formula is C12H16FN3O2. The molecule has 18 heavy (non-hydrogen) atoms. The Hall–Kier alpha value is -2.11. The number of oxime groups is 1. The van der Waals surface area contributed by atoms with Crippen molar-refractivity contribution in [2.45, 2.75) is 25.8 Å². The normalized spacial score (nSPS) is 13.1. The summed E-state index contributed by atoms with van der Waals surface area (Å²) in [6.45, 7) is 1.91. The Balaban J connectivity index is 2.78. The summed E-state index contributed by atoms with van der Waals surface area (Å²) in [4.78, 5) is 11.8. The Bertz CT molecular complexity index is 449. The van der Waals surface area contributed by atoms with Gasteiger partial charge in [-0.3, -0.25) is 4.79 Å². The van der Waals surface area contributed by atoms with E-state index in [1.165, 1.54) is 18.2 Å². The van der Waals surface area contributed by atoms with Crippen LogP contribution in [0.25, 0.3) is 0 Å². The van der Waals surface area contributed by atoms with Gasteiger partial charge >= 0.3 is 0 Å². The molecule has 0 saturated carbocycles. The molecule has 1 rings (SSSR count). The Kier molecular flexibility index (Phi) is 5.10. The quantitative estimate of drug-likeness (QED) is 0.321. The number of halogens is 1. The number of amides is 1. The number of nitrogens with one attached hydrogen (secondary N) is 1. The molecule has 98 valence electrons. The van der Waals surface area contributed by atoms with E-state index in [9.17, 15) is 9.18 Å². The number of nitrogens with zero attached hydrogens (tertiary/aromatic N) is 1. The second-order valence-corrected chi connectivity index (χ2v) is 3.85. The van der Waals surface area contributed by atoms with E-state index in [-0.39, 0.29) is 11.4 Å². The summed E-state index contributed by atoms with van der Waals surface area (Å²) in [7, 11) is 0. The maximum absolute atomic E-state index is 13.0. The predicted octanol–water partition coefficient (Wildman–Crippen LogP) is 1.47. The highest BCUT2D eigenvalue weighted by atomic mass is 19.1. The summed E-state index contributed by atoms with van der Waals surface area (Å²) < 4.78 is 13.0. The zero-order chi connectivity index (χ0) is 13.5. The van der Waals surface area contributed by atoms with Crippen molar-refractivity contribution in [1.29, 1.82) is 0 Å². The monoisotopic (exact) mass is 253 g/mol. The molecule has 0 aliphatic heterocycles. The van der Waals surface area contributed by atoms with Gasteiger partial charge in [-0.25, -0.2) is 4.39 Å². The molecule has 5 nitrogen and oxygen atoms in total. The molecule has 0 heterocycles. The first-order valence-electron chi connectivity index (χ1n) is 5.62. The topological polar surface area (TPSA) is 87.7 Å². The number of amidine groups is 1. The van der Waals surface area contributed by atoms with E-state index < -0.39 is 17.8 Å². The van der Waals surface area contributed by atoms with Crippen LogP contribution in [0.3, 0.4) is 0 Å². The number of hydrogen-bond acceptors (Lipinski definition) is 3. The molecule has 1 unspecified atom stereocenters. The largest absolute Gasteiger partial charge is 0.409 e. The van der Waals surface area contributed by atoms with Crippen molar-refractivity contribution in [2.75, 3.05) is 0 Å². The van der Waals surface area contributed by atoms with Crippen LogP contribution in [-0.4, -0.2) is 23.0 Å². The fraction of sp³-hybridized carbons (Fsp3) is 0.333. The summed E-state index contributed by atoms with van der Waals surface area (Å²) in [5, 5.41) is 14.1. The Labute approximate surface area is 104 Å². The lowest BCUT2D eigenvalue weighted by Gasteiger charge is -2.16. The van der Waals surface area contributed by atoms with Crippen molar-refractivity contribution in [3.63, 3.8) is 0 Å². The maximum atomic E-state index is 13.0. The molecule has 4 N–H and O–H groups in total. The third kappa shape index (κ3) is 3.73. The molecule has 0 fully saturated rings. The summed E-state index contributed by atoms with van der Waals surface area (Å²) in [5.74, 6) is -1.01. The van der Waals surface area contributed by atoms with Gasteiger partial charge in [0.05, 0.1) is 6.04 Å². The molecule has 0 bridgehead atoms. The zero-order valence-corrected chi connectivity index (χ0v) is 10.1.